The Morgan fingerprint density at radius 1 is 0.818 bits per heavy atom. The number of hydrogen-bond acceptors (Lipinski definition) is 15. The van der Waals surface area contributed by atoms with Gasteiger partial charge >= 0.3 is 17.6 Å². The zero-order chi connectivity index (χ0) is 39.4. The van der Waals surface area contributed by atoms with E-state index in [1.807, 2.05) is 78.9 Å². The molecule has 0 amide bonds. The highest BCUT2D eigenvalue weighted by Crippen LogP contribution is 2.41. The van der Waals surface area contributed by atoms with Crippen molar-refractivity contribution in [3.8, 4) is 11.5 Å². The topological polar surface area (TPSA) is 195 Å². The monoisotopic (exact) mass is 763 g/mol. The Kier molecular flexibility index (Phi) is 14.3. The SMILES string of the molecule is COc1ccc(C(Nc2ccn([C@@H]3O[C@H](CO)[C@@H](O)[C@H]3OC(OCCOC(C)=O)OCCOC(C)=O)c(=O)n2)(c2ccccc2)c2ccc(OC)cc2)cc1. The summed E-state index contributed by atoms with van der Waals surface area (Å²) >= 11 is 0. The maximum absolute atomic E-state index is 13.9. The summed E-state index contributed by atoms with van der Waals surface area (Å²) in [6.07, 6.45) is -3.81. The average Bonchev–Trinajstić information content (AvgIpc) is 3.51. The lowest BCUT2D eigenvalue weighted by atomic mass is 9.77. The van der Waals surface area contributed by atoms with Crippen LogP contribution in [0.15, 0.2) is 95.9 Å². The Labute approximate surface area is 317 Å². The normalized spacial score (nSPS) is 18.2. The Balaban J connectivity index is 1.49. The number of aromatic nitrogens is 2. The fraction of sp³-hybridized carbons (Fsp3) is 0.385. The van der Waals surface area contributed by atoms with Crippen LogP contribution >= 0.6 is 0 Å². The molecule has 0 bridgehead atoms. The van der Waals surface area contributed by atoms with Crippen molar-refractivity contribution in [3.63, 3.8) is 0 Å². The lowest BCUT2D eigenvalue weighted by molar-refractivity contribution is -0.321. The van der Waals surface area contributed by atoms with Gasteiger partial charge in [0.2, 0.25) is 0 Å². The molecule has 2 heterocycles. The van der Waals surface area contributed by atoms with E-state index in [-0.39, 0.29) is 32.2 Å². The molecule has 1 aliphatic heterocycles. The van der Waals surface area contributed by atoms with E-state index in [0.29, 0.717) is 11.5 Å². The van der Waals surface area contributed by atoms with Gasteiger partial charge in [0.1, 0.15) is 54.4 Å². The summed E-state index contributed by atoms with van der Waals surface area (Å²) in [5, 5.41) is 24.7. The third-order valence-corrected chi connectivity index (χ3v) is 8.72. The van der Waals surface area contributed by atoms with E-state index >= 15 is 0 Å². The van der Waals surface area contributed by atoms with Crippen molar-refractivity contribution in [2.24, 2.45) is 0 Å². The third kappa shape index (κ3) is 10.0. The Morgan fingerprint density at radius 2 is 1.35 bits per heavy atom. The van der Waals surface area contributed by atoms with Crippen LogP contribution < -0.4 is 20.5 Å². The van der Waals surface area contributed by atoms with Gasteiger partial charge in [0, 0.05) is 20.0 Å². The van der Waals surface area contributed by atoms with Gasteiger partial charge in [0.05, 0.1) is 34.0 Å². The van der Waals surface area contributed by atoms with Crippen LogP contribution in [-0.2, 0) is 43.5 Å². The zero-order valence-electron chi connectivity index (χ0n) is 30.9. The fourth-order valence-corrected chi connectivity index (χ4v) is 6.11. The molecule has 16 heteroatoms. The van der Waals surface area contributed by atoms with Gasteiger partial charge in [-0.15, -0.1) is 0 Å². The minimum atomic E-state index is -1.50. The van der Waals surface area contributed by atoms with Crippen molar-refractivity contribution in [1.29, 1.82) is 0 Å². The fourth-order valence-electron chi connectivity index (χ4n) is 6.11. The Hall–Kier alpha value is -5.36. The molecule has 4 aromatic rings. The van der Waals surface area contributed by atoms with Crippen molar-refractivity contribution < 1.29 is 57.7 Å². The molecule has 1 fully saturated rings. The number of carbonyl (C=O) groups excluding carboxylic acids is 2. The van der Waals surface area contributed by atoms with Crippen LogP contribution in [0.5, 0.6) is 11.5 Å². The van der Waals surface area contributed by atoms with Crippen molar-refractivity contribution >= 4 is 17.8 Å². The van der Waals surface area contributed by atoms with Gasteiger partial charge in [-0.1, -0.05) is 54.6 Å². The first-order valence-corrected chi connectivity index (χ1v) is 17.4. The molecule has 55 heavy (non-hydrogen) atoms. The second kappa shape index (κ2) is 19.3. The predicted molar refractivity (Wildman–Crippen MR) is 195 cm³/mol. The van der Waals surface area contributed by atoms with Crippen LogP contribution in [0.3, 0.4) is 0 Å². The molecule has 3 aromatic carbocycles. The van der Waals surface area contributed by atoms with E-state index in [0.717, 1.165) is 21.3 Å². The summed E-state index contributed by atoms with van der Waals surface area (Å²) in [6, 6.07) is 26.3. The molecule has 4 atom stereocenters. The Bertz CT molecular complexity index is 1820. The predicted octanol–water partition coefficient (Wildman–Crippen LogP) is 2.74. The molecule has 1 aliphatic rings. The molecule has 294 valence electrons. The number of nitrogens with one attached hydrogen (secondary N) is 1. The van der Waals surface area contributed by atoms with Gasteiger partial charge in [0.15, 0.2) is 6.23 Å². The minimum Gasteiger partial charge on any atom is -0.497 e. The van der Waals surface area contributed by atoms with Crippen LogP contribution in [0.2, 0.25) is 0 Å². The highest BCUT2D eigenvalue weighted by Gasteiger charge is 2.47. The lowest BCUT2D eigenvalue weighted by Gasteiger charge is -2.37. The molecule has 3 N–H and O–H groups in total. The summed E-state index contributed by atoms with van der Waals surface area (Å²) in [5.41, 5.74) is 0.602. The number of nitrogens with zero attached hydrogens (tertiary/aromatic N) is 2. The van der Waals surface area contributed by atoms with Crippen LogP contribution in [0.1, 0.15) is 36.8 Å². The summed E-state index contributed by atoms with van der Waals surface area (Å²) in [6.45, 7) is -0.225. The van der Waals surface area contributed by atoms with Crippen molar-refractivity contribution in [2.75, 3.05) is 52.6 Å². The molecule has 0 radical (unpaired) electrons. The largest absolute Gasteiger partial charge is 0.497 e. The molecular formula is C39H45N3O13. The summed E-state index contributed by atoms with van der Waals surface area (Å²) in [5.74, 6) is 0.462. The van der Waals surface area contributed by atoms with Crippen molar-refractivity contribution in [3.05, 3.63) is 118 Å². The summed E-state index contributed by atoms with van der Waals surface area (Å²) in [7, 11) is 3.17. The van der Waals surface area contributed by atoms with E-state index in [1.54, 1.807) is 20.3 Å². The molecule has 1 aromatic heterocycles. The number of methoxy groups -OCH3 is 2. The van der Waals surface area contributed by atoms with Gasteiger partial charge in [-0.3, -0.25) is 14.2 Å². The average molecular weight is 764 g/mol. The third-order valence-electron chi connectivity index (χ3n) is 8.72. The Morgan fingerprint density at radius 3 is 1.82 bits per heavy atom. The highest BCUT2D eigenvalue weighted by molar-refractivity contribution is 5.66. The number of hydrogen-bond donors (Lipinski definition) is 3. The number of aliphatic hydroxyl groups excluding tert-OH is 2. The van der Waals surface area contributed by atoms with E-state index < -0.39 is 60.8 Å². The molecule has 16 nitrogen and oxygen atoms in total. The summed E-state index contributed by atoms with van der Waals surface area (Å²) in [4.78, 5) is 40.8. The molecule has 0 spiro atoms. The summed E-state index contributed by atoms with van der Waals surface area (Å²) < 4.78 is 44.9. The number of esters is 2. The molecule has 0 saturated carbocycles. The van der Waals surface area contributed by atoms with E-state index in [4.69, 9.17) is 37.9 Å². The van der Waals surface area contributed by atoms with Gasteiger partial charge in [0.25, 0.3) is 6.48 Å². The van der Waals surface area contributed by atoms with Crippen LogP contribution in [-0.4, -0.2) is 104 Å². The number of ether oxygens (including phenoxy) is 8. The van der Waals surface area contributed by atoms with Crippen LogP contribution in [0.4, 0.5) is 5.82 Å². The quantitative estimate of drug-likeness (QED) is 0.0546. The number of benzene rings is 3. The molecular weight excluding hydrogens is 718 g/mol. The number of anilines is 1. The molecule has 5 rings (SSSR count). The van der Waals surface area contributed by atoms with Crippen LogP contribution in [0.25, 0.3) is 0 Å². The van der Waals surface area contributed by atoms with Gasteiger partial charge in [-0.2, -0.15) is 4.98 Å². The maximum Gasteiger partial charge on any atom is 0.351 e. The van der Waals surface area contributed by atoms with Crippen molar-refractivity contribution in [2.45, 2.75) is 50.4 Å². The number of aliphatic hydroxyl groups is 2. The number of rotatable bonds is 19. The van der Waals surface area contributed by atoms with E-state index in [1.165, 1.54) is 20.0 Å². The first-order valence-electron chi connectivity index (χ1n) is 17.4. The van der Waals surface area contributed by atoms with Crippen molar-refractivity contribution in [1.82, 2.24) is 9.55 Å². The number of carbonyl (C=O) groups is 2. The van der Waals surface area contributed by atoms with E-state index in [2.05, 4.69) is 10.3 Å². The first kappa shape index (κ1) is 40.8. The lowest BCUT2D eigenvalue weighted by Crippen LogP contribution is -2.42. The maximum atomic E-state index is 13.9. The highest BCUT2D eigenvalue weighted by atomic mass is 16.9. The van der Waals surface area contributed by atoms with Gasteiger partial charge in [-0.05, 0) is 47.0 Å². The smallest absolute Gasteiger partial charge is 0.351 e. The van der Waals surface area contributed by atoms with Crippen LogP contribution in [0, 0.1) is 0 Å². The van der Waals surface area contributed by atoms with E-state index in [9.17, 15) is 24.6 Å². The second-order valence-corrected chi connectivity index (χ2v) is 12.2. The minimum absolute atomic E-state index is 0.135. The molecule has 0 unspecified atom stereocenters. The van der Waals surface area contributed by atoms with Gasteiger partial charge < -0.3 is 53.4 Å². The second-order valence-electron chi connectivity index (χ2n) is 12.2. The zero-order valence-corrected chi connectivity index (χ0v) is 30.9. The van der Waals surface area contributed by atoms with Gasteiger partial charge in [-0.25, -0.2) is 4.79 Å². The molecule has 0 aliphatic carbocycles. The standard InChI is InChI=1S/C39H45N3O13/c1-25(44)50-20-22-52-38(53-23-21-51-26(2)45)55-35-34(46)32(24-43)54-36(35)42-19-18-33(40-37(42)47)41-39(27-8-6-5-7-9-27,28-10-14-30(48-3)15-11-28)29-12-16-31(49-4)17-13-29/h5-19,32,34-36,38,43,46H,20-24H2,1-4H3,(H,40,41,47)/t32-,34-,35-,36-/m1/s1. The molecule has 1 saturated heterocycles. The first-order chi connectivity index (χ1) is 26.6.